The summed E-state index contributed by atoms with van der Waals surface area (Å²) in [7, 11) is 3.69. The molecule has 1 aliphatic heterocycles. The van der Waals surface area contributed by atoms with Crippen molar-refractivity contribution in [3.8, 4) is 0 Å². The Kier molecular flexibility index (Phi) is 3.96. The maximum atomic E-state index is 5.21. The molecule has 0 aliphatic carbocycles. The van der Waals surface area contributed by atoms with Gasteiger partial charge in [-0.25, -0.2) is 0 Å². The molecule has 2 N–H and O–H groups in total. The summed E-state index contributed by atoms with van der Waals surface area (Å²) in [5.41, 5.74) is 0. The lowest BCUT2D eigenvalue weighted by Gasteiger charge is -2.30. The third-order valence-electron chi connectivity index (χ3n) is 3.42. The van der Waals surface area contributed by atoms with Gasteiger partial charge >= 0.3 is 0 Å². The van der Waals surface area contributed by atoms with Crippen LogP contribution >= 0.6 is 0 Å². The van der Waals surface area contributed by atoms with Crippen LogP contribution in [0.5, 0.6) is 0 Å². The molecule has 0 spiro atoms. The lowest BCUT2D eigenvalue weighted by Crippen LogP contribution is -2.41. The van der Waals surface area contributed by atoms with Crippen molar-refractivity contribution in [2.45, 2.75) is 31.9 Å². The highest BCUT2D eigenvalue weighted by Gasteiger charge is 2.21. The van der Waals surface area contributed by atoms with Crippen molar-refractivity contribution >= 4 is 5.95 Å². The lowest BCUT2D eigenvalue weighted by atomic mass is 10.1. The van der Waals surface area contributed by atoms with Crippen LogP contribution in [-0.2, 0) is 4.74 Å². The summed E-state index contributed by atoms with van der Waals surface area (Å²) >= 11 is 0. The highest BCUT2D eigenvalue weighted by atomic mass is 16.5. The average Bonchev–Trinajstić information content (AvgIpc) is 2.87. The van der Waals surface area contributed by atoms with Gasteiger partial charge in [-0.05, 0) is 26.8 Å². The van der Waals surface area contributed by atoms with E-state index in [1.54, 1.807) is 7.11 Å². The normalized spacial score (nSPS) is 19.6. The summed E-state index contributed by atoms with van der Waals surface area (Å²) in [5, 5.41) is 10.5. The molecule has 1 aromatic rings. The van der Waals surface area contributed by atoms with E-state index in [-0.39, 0.29) is 6.10 Å². The Hall–Kier alpha value is -1.14. The predicted octanol–water partition coefficient (Wildman–Crippen LogP) is 0.700. The van der Waals surface area contributed by atoms with Crippen molar-refractivity contribution in [3.63, 3.8) is 0 Å². The summed E-state index contributed by atoms with van der Waals surface area (Å²) in [4.78, 5) is 6.69. The van der Waals surface area contributed by atoms with Crippen LogP contribution in [0.2, 0.25) is 0 Å². The van der Waals surface area contributed by atoms with Crippen molar-refractivity contribution in [2.24, 2.45) is 0 Å². The Balaban J connectivity index is 1.97. The van der Waals surface area contributed by atoms with Crippen LogP contribution in [0.3, 0.4) is 0 Å². The van der Waals surface area contributed by atoms with E-state index in [4.69, 9.17) is 4.74 Å². The Morgan fingerprint density at radius 1 is 1.47 bits per heavy atom. The largest absolute Gasteiger partial charge is 0.374 e. The van der Waals surface area contributed by atoms with Gasteiger partial charge in [-0.1, -0.05) is 0 Å². The van der Waals surface area contributed by atoms with E-state index in [0.717, 1.165) is 37.7 Å². The number of methoxy groups -OCH3 is 1. The molecule has 96 valence electrons. The molecule has 2 rings (SSSR count). The first-order valence-corrected chi connectivity index (χ1v) is 6.12. The van der Waals surface area contributed by atoms with E-state index >= 15 is 0 Å². The van der Waals surface area contributed by atoms with Gasteiger partial charge in [0.15, 0.2) is 5.82 Å². The third kappa shape index (κ3) is 2.76. The highest BCUT2D eigenvalue weighted by Crippen LogP contribution is 2.18. The maximum Gasteiger partial charge on any atom is 0.244 e. The third-order valence-corrected chi connectivity index (χ3v) is 3.42. The number of rotatable bonds is 4. The molecule has 0 aromatic carbocycles. The first kappa shape index (κ1) is 12.3. The van der Waals surface area contributed by atoms with Crippen molar-refractivity contribution in [1.82, 2.24) is 20.5 Å². The molecule has 6 nitrogen and oxygen atoms in total. The molecule has 0 radical (unpaired) electrons. The molecule has 1 aromatic heterocycles. The number of ether oxygens (including phenoxy) is 1. The Morgan fingerprint density at radius 3 is 2.76 bits per heavy atom. The van der Waals surface area contributed by atoms with Crippen LogP contribution in [0.15, 0.2) is 0 Å². The SMILES string of the molecule is CNC1CCN(c2n[nH]c(C(C)OC)n2)CC1. The van der Waals surface area contributed by atoms with Crippen LogP contribution in [-0.4, -0.2) is 48.5 Å². The fourth-order valence-corrected chi connectivity index (χ4v) is 2.07. The lowest BCUT2D eigenvalue weighted by molar-refractivity contribution is 0.112. The molecule has 1 atom stereocenters. The number of piperidine rings is 1. The van der Waals surface area contributed by atoms with Gasteiger partial charge in [-0.15, -0.1) is 5.10 Å². The first-order chi connectivity index (χ1) is 8.24. The maximum absolute atomic E-state index is 5.21. The van der Waals surface area contributed by atoms with Crippen molar-refractivity contribution in [3.05, 3.63) is 5.82 Å². The highest BCUT2D eigenvalue weighted by molar-refractivity contribution is 5.29. The number of nitrogens with zero attached hydrogens (tertiary/aromatic N) is 3. The number of anilines is 1. The zero-order valence-corrected chi connectivity index (χ0v) is 10.7. The fourth-order valence-electron chi connectivity index (χ4n) is 2.07. The van der Waals surface area contributed by atoms with Crippen LogP contribution in [0.1, 0.15) is 31.7 Å². The summed E-state index contributed by atoms with van der Waals surface area (Å²) in [5.74, 6) is 1.58. The topological polar surface area (TPSA) is 66.1 Å². The molecular formula is C11H21N5O. The number of H-pyrrole nitrogens is 1. The molecule has 1 fully saturated rings. The zero-order chi connectivity index (χ0) is 12.3. The van der Waals surface area contributed by atoms with E-state index in [1.807, 2.05) is 14.0 Å². The standard InChI is InChI=1S/C11H21N5O/c1-8(17-3)10-13-11(15-14-10)16-6-4-9(12-2)5-7-16/h8-9,12H,4-7H2,1-3H3,(H,13,14,15). The number of hydrogen-bond donors (Lipinski definition) is 2. The van der Waals surface area contributed by atoms with Crippen LogP contribution < -0.4 is 10.2 Å². The Labute approximate surface area is 102 Å². The summed E-state index contributed by atoms with van der Waals surface area (Å²) < 4.78 is 5.21. The molecular weight excluding hydrogens is 218 g/mol. The molecule has 6 heteroatoms. The van der Waals surface area contributed by atoms with Crippen molar-refractivity contribution in [2.75, 3.05) is 32.1 Å². The second kappa shape index (κ2) is 5.46. The van der Waals surface area contributed by atoms with E-state index in [0.29, 0.717) is 6.04 Å². The van der Waals surface area contributed by atoms with E-state index in [9.17, 15) is 0 Å². The van der Waals surface area contributed by atoms with Gasteiger partial charge in [0.25, 0.3) is 0 Å². The fraction of sp³-hybridized carbons (Fsp3) is 0.818. The predicted molar refractivity (Wildman–Crippen MR) is 66.1 cm³/mol. The Bertz CT molecular complexity index is 345. The second-order valence-electron chi connectivity index (χ2n) is 4.45. The molecule has 0 amide bonds. The average molecular weight is 239 g/mol. The zero-order valence-electron chi connectivity index (χ0n) is 10.7. The van der Waals surface area contributed by atoms with E-state index in [2.05, 4.69) is 25.4 Å². The monoisotopic (exact) mass is 239 g/mol. The number of hydrogen-bond acceptors (Lipinski definition) is 5. The molecule has 1 saturated heterocycles. The van der Waals surface area contributed by atoms with Gasteiger partial charge in [0.2, 0.25) is 5.95 Å². The molecule has 0 saturated carbocycles. The van der Waals surface area contributed by atoms with E-state index < -0.39 is 0 Å². The number of aromatic amines is 1. The second-order valence-corrected chi connectivity index (χ2v) is 4.45. The van der Waals surface area contributed by atoms with E-state index in [1.165, 1.54) is 0 Å². The van der Waals surface area contributed by atoms with Crippen molar-refractivity contribution in [1.29, 1.82) is 0 Å². The summed E-state index contributed by atoms with van der Waals surface area (Å²) in [6.07, 6.45) is 2.24. The Morgan fingerprint density at radius 2 is 2.18 bits per heavy atom. The van der Waals surface area contributed by atoms with Gasteiger partial charge in [0, 0.05) is 26.2 Å². The summed E-state index contributed by atoms with van der Waals surface area (Å²) in [6.45, 7) is 3.96. The van der Waals surface area contributed by atoms with Crippen LogP contribution in [0, 0.1) is 0 Å². The van der Waals surface area contributed by atoms with Gasteiger partial charge in [-0.2, -0.15) is 4.98 Å². The molecule has 17 heavy (non-hydrogen) atoms. The molecule has 1 unspecified atom stereocenters. The quantitative estimate of drug-likeness (QED) is 0.809. The molecule has 0 bridgehead atoms. The van der Waals surface area contributed by atoms with Crippen LogP contribution in [0.25, 0.3) is 0 Å². The minimum absolute atomic E-state index is 0.0360. The van der Waals surface area contributed by atoms with Gasteiger partial charge < -0.3 is 15.0 Å². The van der Waals surface area contributed by atoms with Gasteiger partial charge in [-0.3, -0.25) is 5.10 Å². The minimum atomic E-state index is -0.0360. The first-order valence-electron chi connectivity index (χ1n) is 6.12. The van der Waals surface area contributed by atoms with Gasteiger partial charge in [0.05, 0.1) is 0 Å². The smallest absolute Gasteiger partial charge is 0.244 e. The summed E-state index contributed by atoms with van der Waals surface area (Å²) in [6, 6.07) is 0.627. The minimum Gasteiger partial charge on any atom is -0.374 e. The molecule has 1 aliphatic rings. The molecule has 2 heterocycles. The number of nitrogens with one attached hydrogen (secondary N) is 2. The van der Waals surface area contributed by atoms with Crippen molar-refractivity contribution < 1.29 is 4.74 Å². The van der Waals surface area contributed by atoms with Crippen LogP contribution in [0.4, 0.5) is 5.95 Å². The number of aromatic nitrogens is 3. The van der Waals surface area contributed by atoms with Gasteiger partial charge in [0.1, 0.15) is 6.10 Å².